The van der Waals surface area contributed by atoms with Crippen molar-refractivity contribution in [1.82, 2.24) is 10.3 Å². The number of aryl methyl sites for hydroxylation is 3. The van der Waals surface area contributed by atoms with Crippen molar-refractivity contribution in [3.05, 3.63) is 88.0 Å². The Morgan fingerprint density at radius 1 is 1.12 bits per heavy atom. The summed E-state index contributed by atoms with van der Waals surface area (Å²) in [7, 11) is 0. The summed E-state index contributed by atoms with van der Waals surface area (Å²) in [5, 5.41) is 2.36. The molecule has 2 aromatic carbocycles. The van der Waals surface area contributed by atoms with Crippen molar-refractivity contribution in [1.29, 1.82) is 0 Å². The van der Waals surface area contributed by atoms with Crippen molar-refractivity contribution in [3.8, 4) is 0 Å². The molecule has 0 radical (unpaired) electrons. The Balaban J connectivity index is 1.55. The van der Waals surface area contributed by atoms with Gasteiger partial charge in [-0.25, -0.2) is 4.39 Å². The van der Waals surface area contributed by atoms with Gasteiger partial charge in [-0.2, -0.15) is 8.78 Å². The molecule has 4 rings (SSSR count). The zero-order chi connectivity index (χ0) is 23.8. The molecule has 1 amide bonds. The quantitative estimate of drug-likeness (QED) is 0.418. The van der Waals surface area contributed by atoms with Crippen molar-refractivity contribution in [3.63, 3.8) is 0 Å². The molecule has 1 heterocycles. The zero-order valence-corrected chi connectivity index (χ0v) is 19.5. The summed E-state index contributed by atoms with van der Waals surface area (Å²) in [6.45, 7) is 4.34. The summed E-state index contributed by atoms with van der Waals surface area (Å²) >= 11 is 1.09. The standard InChI is InChI=1S/C26H25F3N2OS/c1-15-7-10-21(16(2)11-15)26(28,29)14-31-25(32)20-12-17(3)30-13-23(20)33-22-6-4-5-19(24(22)27)18-8-9-18/h4-7,10-13,18H,8-9,14H2,1-3H3,(H,31,32). The van der Waals surface area contributed by atoms with E-state index in [-0.39, 0.29) is 22.9 Å². The van der Waals surface area contributed by atoms with Gasteiger partial charge in [0.25, 0.3) is 11.8 Å². The Kier molecular flexibility index (Phi) is 6.52. The first kappa shape index (κ1) is 23.4. The van der Waals surface area contributed by atoms with Gasteiger partial charge in [0.15, 0.2) is 0 Å². The highest BCUT2D eigenvalue weighted by Crippen LogP contribution is 2.44. The van der Waals surface area contributed by atoms with Gasteiger partial charge in [-0.15, -0.1) is 0 Å². The van der Waals surface area contributed by atoms with Crippen LogP contribution in [0, 0.1) is 26.6 Å². The minimum absolute atomic E-state index is 0.118. The molecule has 1 N–H and O–H groups in total. The molecule has 1 aliphatic rings. The molecule has 1 aliphatic carbocycles. The minimum Gasteiger partial charge on any atom is -0.346 e. The summed E-state index contributed by atoms with van der Waals surface area (Å²) in [5.74, 6) is -3.92. The van der Waals surface area contributed by atoms with Gasteiger partial charge < -0.3 is 5.32 Å². The predicted molar refractivity (Wildman–Crippen MR) is 124 cm³/mol. The Bertz CT molecular complexity index is 1210. The second kappa shape index (κ2) is 9.21. The van der Waals surface area contributed by atoms with E-state index in [4.69, 9.17) is 0 Å². The minimum atomic E-state index is -3.23. The highest BCUT2D eigenvalue weighted by atomic mass is 32.2. The van der Waals surface area contributed by atoms with E-state index in [0.717, 1.165) is 30.2 Å². The number of aromatic nitrogens is 1. The van der Waals surface area contributed by atoms with Gasteiger partial charge in [0.2, 0.25) is 0 Å². The maximum Gasteiger partial charge on any atom is 0.290 e. The normalized spacial score (nSPS) is 13.8. The number of amides is 1. The molecule has 1 saturated carbocycles. The lowest BCUT2D eigenvalue weighted by Gasteiger charge is -2.20. The summed E-state index contributed by atoms with van der Waals surface area (Å²) in [6.07, 6.45) is 3.43. The Hall–Kier alpha value is -2.80. The van der Waals surface area contributed by atoms with Crippen molar-refractivity contribution in [2.24, 2.45) is 0 Å². The van der Waals surface area contributed by atoms with Crippen LogP contribution in [0.4, 0.5) is 13.2 Å². The second-order valence-corrected chi connectivity index (χ2v) is 9.65. The van der Waals surface area contributed by atoms with Gasteiger partial charge in [-0.1, -0.05) is 47.7 Å². The molecular weight excluding hydrogens is 445 g/mol. The van der Waals surface area contributed by atoms with Gasteiger partial charge in [0, 0.05) is 27.2 Å². The van der Waals surface area contributed by atoms with Crippen LogP contribution in [0.2, 0.25) is 0 Å². The van der Waals surface area contributed by atoms with Crippen LogP contribution in [-0.2, 0) is 5.92 Å². The number of benzene rings is 2. The maximum absolute atomic E-state index is 15.0. The van der Waals surface area contributed by atoms with Gasteiger partial charge in [-0.3, -0.25) is 9.78 Å². The molecule has 33 heavy (non-hydrogen) atoms. The van der Waals surface area contributed by atoms with Crippen molar-refractivity contribution < 1.29 is 18.0 Å². The number of rotatable bonds is 7. The number of carbonyl (C=O) groups is 1. The molecule has 0 saturated heterocycles. The largest absolute Gasteiger partial charge is 0.346 e. The Morgan fingerprint density at radius 3 is 2.58 bits per heavy atom. The predicted octanol–water partition coefficient (Wildman–Crippen LogP) is 6.70. The molecule has 7 heteroatoms. The molecule has 3 nitrogen and oxygen atoms in total. The third-order valence-corrected chi connectivity index (χ3v) is 6.81. The van der Waals surface area contributed by atoms with Crippen LogP contribution >= 0.6 is 11.8 Å². The number of nitrogens with zero attached hydrogens (tertiary/aromatic N) is 1. The Morgan fingerprint density at radius 2 is 1.88 bits per heavy atom. The smallest absolute Gasteiger partial charge is 0.290 e. The van der Waals surface area contributed by atoms with E-state index in [1.165, 1.54) is 18.3 Å². The molecule has 0 bridgehead atoms. The topological polar surface area (TPSA) is 42.0 Å². The molecule has 0 aliphatic heterocycles. The molecule has 0 atom stereocenters. The lowest BCUT2D eigenvalue weighted by Crippen LogP contribution is -2.35. The summed E-state index contributed by atoms with van der Waals surface area (Å²) in [6, 6.07) is 11.5. The van der Waals surface area contributed by atoms with Crippen LogP contribution in [0.25, 0.3) is 0 Å². The summed E-state index contributed by atoms with van der Waals surface area (Å²) in [4.78, 5) is 17.9. The van der Waals surface area contributed by atoms with E-state index in [1.54, 1.807) is 44.2 Å². The van der Waals surface area contributed by atoms with E-state index < -0.39 is 18.4 Å². The van der Waals surface area contributed by atoms with E-state index in [0.29, 0.717) is 26.6 Å². The lowest BCUT2D eigenvalue weighted by molar-refractivity contribution is -0.00310. The van der Waals surface area contributed by atoms with Gasteiger partial charge >= 0.3 is 0 Å². The van der Waals surface area contributed by atoms with Gasteiger partial charge in [0.05, 0.1) is 12.1 Å². The van der Waals surface area contributed by atoms with E-state index in [9.17, 15) is 18.0 Å². The number of alkyl halides is 2. The van der Waals surface area contributed by atoms with Crippen LogP contribution in [0.5, 0.6) is 0 Å². The van der Waals surface area contributed by atoms with E-state index in [2.05, 4.69) is 10.3 Å². The van der Waals surface area contributed by atoms with Crippen LogP contribution in [0.15, 0.2) is 58.5 Å². The first-order valence-electron chi connectivity index (χ1n) is 10.8. The zero-order valence-electron chi connectivity index (χ0n) is 18.7. The van der Waals surface area contributed by atoms with Crippen LogP contribution in [0.1, 0.15) is 57.1 Å². The van der Waals surface area contributed by atoms with Crippen molar-refractivity contribution in [2.75, 3.05) is 6.54 Å². The van der Waals surface area contributed by atoms with E-state index in [1.807, 2.05) is 6.92 Å². The van der Waals surface area contributed by atoms with Crippen molar-refractivity contribution >= 4 is 17.7 Å². The van der Waals surface area contributed by atoms with Crippen LogP contribution in [0.3, 0.4) is 0 Å². The van der Waals surface area contributed by atoms with E-state index >= 15 is 0 Å². The monoisotopic (exact) mass is 470 g/mol. The highest BCUT2D eigenvalue weighted by molar-refractivity contribution is 7.99. The average Bonchev–Trinajstić information content (AvgIpc) is 3.59. The third-order valence-electron chi connectivity index (χ3n) is 5.73. The molecule has 1 fully saturated rings. The highest BCUT2D eigenvalue weighted by Gasteiger charge is 2.34. The Labute approximate surface area is 195 Å². The first-order chi connectivity index (χ1) is 15.7. The molecule has 3 aromatic rings. The number of halogens is 3. The molecule has 1 aromatic heterocycles. The summed E-state index contributed by atoms with van der Waals surface area (Å²) in [5.41, 5.74) is 2.68. The first-order valence-corrected chi connectivity index (χ1v) is 11.6. The number of hydrogen-bond donors (Lipinski definition) is 1. The third kappa shape index (κ3) is 5.24. The fraction of sp³-hybridized carbons (Fsp3) is 0.308. The van der Waals surface area contributed by atoms with Gasteiger partial charge in [-0.05, 0) is 62.8 Å². The maximum atomic E-state index is 15.0. The number of hydrogen-bond acceptors (Lipinski definition) is 3. The van der Waals surface area contributed by atoms with Crippen LogP contribution < -0.4 is 5.32 Å². The molecule has 0 spiro atoms. The number of pyridine rings is 1. The SMILES string of the molecule is Cc1ccc(C(F)(F)CNC(=O)c2cc(C)ncc2Sc2cccc(C3CC3)c2F)c(C)c1. The van der Waals surface area contributed by atoms with Crippen LogP contribution in [-0.4, -0.2) is 17.4 Å². The fourth-order valence-corrected chi connectivity index (χ4v) is 4.80. The molecule has 0 unspecified atom stereocenters. The molecule has 172 valence electrons. The summed E-state index contributed by atoms with van der Waals surface area (Å²) < 4.78 is 44.7. The number of carbonyl (C=O) groups excluding carboxylic acids is 1. The second-order valence-electron chi connectivity index (χ2n) is 8.56. The van der Waals surface area contributed by atoms with Gasteiger partial charge in [0.1, 0.15) is 5.82 Å². The average molecular weight is 471 g/mol. The lowest BCUT2D eigenvalue weighted by atomic mass is 10.00. The van der Waals surface area contributed by atoms with Crippen molar-refractivity contribution in [2.45, 2.75) is 55.2 Å². The fourth-order valence-electron chi connectivity index (χ4n) is 3.85. The molecular formula is C26H25F3N2OS. The number of nitrogens with one attached hydrogen (secondary N) is 1.